The lowest BCUT2D eigenvalue weighted by molar-refractivity contribution is 0.327. The zero-order valence-corrected chi connectivity index (χ0v) is 11.8. The molecule has 1 aromatic carbocycles. The average Bonchev–Trinajstić information content (AvgIpc) is 2.68. The van der Waals surface area contributed by atoms with E-state index in [0.717, 1.165) is 27.0 Å². The molecule has 1 heterocycles. The van der Waals surface area contributed by atoms with Crippen LogP contribution in [0.1, 0.15) is 4.88 Å². The van der Waals surface area contributed by atoms with Gasteiger partial charge in [-0.15, -0.1) is 11.3 Å². The minimum absolute atomic E-state index is 0.183. The molecule has 2 rings (SSSR count). The fourth-order valence-corrected chi connectivity index (χ4v) is 3.07. The van der Waals surface area contributed by atoms with Gasteiger partial charge in [-0.1, -0.05) is 0 Å². The van der Waals surface area contributed by atoms with E-state index in [1.54, 1.807) is 18.4 Å². The molecular formula is C12H14O4S2. The molecule has 4 nitrogen and oxygen atoms in total. The van der Waals surface area contributed by atoms with Crippen molar-refractivity contribution in [2.24, 2.45) is 0 Å². The molecule has 0 radical (unpaired) electrons. The number of ether oxygens (including phenoxy) is 1. The van der Waals surface area contributed by atoms with Gasteiger partial charge in [0.05, 0.1) is 20.0 Å². The maximum Gasteiger partial charge on any atom is 0.264 e. The average molecular weight is 286 g/mol. The minimum Gasteiger partial charge on any atom is -0.497 e. The number of fused-ring (bicyclic) bond motifs is 1. The predicted octanol–water partition coefficient (Wildman–Crippen LogP) is 2.43. The fraction of sp³-hybridized carbons (Fsp3) is 0.333. The summed E-state index contributed by atoms with van der Waals surface area (Å²) in [7, 11) is -1.72. The largest absolute Gasteiger partial charge is 0.497 e. The third-order valence-corrected chi connectivity index (χ3v) is 4.18. The van der Waals surface area contributed by atoms with Gasteiger partial charge in [0.2, 0.25) is 0 Å². The molecule has 0 unspecified atom stereocenters. The molecule has 0 aliphatic rings. The van der Waals surface area contributed by atoms with Crippen LogP contribution in [0.2, 0.25) is 0 Å². The molecule has 98 valence electrons. The van der Waals surface area contributed by atoms with Crippen molar-refractivity contribution >= 4 is 31.5 Å². The number of thiophene rings is 1. The first-order valence-electron chi connectivity index (χ1n) is 5.39. The molecular weight excluding hydrogens is 272 g/mol. The highest BCUT2D eigenvalue weighted by Crippen LogP contribution is 2.29. The molecule has 0 saturated heterocycles. The maximum absolute atomic E-state index is 10.8. The molecule has 0 fully saturated rings. The number of rotatable bonds is 5. The summed E-state index contributed by atoms with van der Waals surface area (Å²) >= 11 is 1.62. The quantitative estimate of drug-likeness (QED) is 0.792. The lowest BCUT2D eigenvalue weighted by atomic mass is 10.2. The molecule has 0 bridgehead atoms. The van der Waals surface area contributed by atoms with E-state index in [4.69, 9.17) is 8.92 Å². The molecule has 18 heavy (non-hydrogen) atoms. The van der Waals surface area contributed by atoms with Crippen LogP contribution in [0.25, 0.3) is 10.1 Å². The van der Waals surface area contributed by atoms with Crippen LogP contribution in [0.3, 0.4) is 0 Å². The first-order chi connectivity index (χ1) is 8.48. The lowest BCUT2D eigenvalue weighted by Crippen LogP contribution is -2.05. The van der Waals surface area contributed by atoms with Crippen molar-refractivity contribution in [1.82, 2.24) is 0 Å². The van der Waals surface area contributed by atoms with E-state index < -0.39 is 10.1 Å². The summed E-state index contributed by atoms with van der Waals surface area (Å²) in [4.78, 5) is 1.10. The van der Waals surface area contributed by atoms with E-state index in [-0.39, 0.29) is 6.61 Å². The third kappa shape index (κ3) is 3.44. The minimum atomic E-state index is -3.35. The van der Waals surface area contributed by atoms with E-state index in [9.17, 15) is 8.42 Å². The number of hydrogen-bond acceptors (Lipinski definition) is 5. The molecule has 0 spiro atoms. The van der Waals surface area contributed by atoms with Gasteiger partial charge in [-0.05, 0) is 29.7 Å². The van der Waals surface area contributed by atoms with Gasteiger partial charge < -0.3 is 4.74 Å². The molecule has 0 aliphatic carbocycles. The Hall–Kier alpha value is -1.11. The molecule has 6 heteroatoms. The summed E-state index contributed by atoms with van der Waals surface area (Å²) in [6.45, 7) is 0.183. The van der Waals surface area contributed by atoms with Crippen molar-refractivity contribution in [3.63, 3.8) is 0 Å². The summed E-state index contributed by atoms with van der Waals surface area (Å²) in [6.07, 6.45) is 1.65. The number of hydrogen-bond donors (Lipinski definition) is 0. The standard InChI is InChI=1S/C12H14O4S2/c1-15-10-4-3-9-7-11(17-12(9)8-10)5-6-16-18(2,13)14/h3-4,7-8H,5-6H2,1-2H3. The van der Waals surface area contributed by atoms with Crippen molar-refractivity contribution in [3.05, 3.63) is 29.1 Å². The van der Waals surface area contributed by atoms with E-state index in [2.05, 4.69) is 0 Å². The van der Waals surface area contributed by atoms with Gasteiger partial charge in [0.15, 0.2) is 0 Å². The zero-order chi connectivity index (χ0) is 13.2. The lowest BCUT2D eigenvalue weighted by Gasteiger charge is -1.98. The molecule has 0 N–H and O–H groups in total. The van der Waals surface area contributed by atoms with Crippen LogP contribution in [0.15, 0.2) is 24.3 Å². The first kappa shape index (κ1) is 13.3. The van der Waals surface area contributed by atoms with Crippen LogP contribution in [-0.4, -0.2) is 28.4 Å². The highest BCUT2D eigenvalue weighted by Gasteiger charge is 2.06. The molecule has 1 aromatic heterocycles. The maximum atomic E-state index is 10.8. The van der Waals surface area contributed by atoms with Crippen molar-refractivity contribution in [2.75, 3.05) is 20.0 Å². The monoisotopic (exact) mass is 286 g/mol. The summed E-state index contributed by atoms with van der Waals surface area (Å²) < 4.78 is 32.7. The van der Waals surface area contributed by atoms with Gasteiger partial charge in [0, 0.05) is 16.0 Å². The van der Waals surface area contributed by atoms with Crippen LogP contribution < -0.4 is 4.74 Å². The van der Waals surface area contributed by atoms with Gasteiger partial charge in [-0.2, -0.15) is 8.42 Å². The van der Waals surface area contributed by atoms with Gasteiger partial charge >= 0.3 is 0 Å². The number of benzene rings is 1. The Bertz CT molecular complexity index is 643. The van der Waals surface area contributed by atoms with Crippen LogP contribution in [0, 0.1) is 0 Å². The highest BCUT2D eigenvalue weighted by atomic mass is 32.2. The summed E-state index contributed by atoms with van der Waals surface area (Å²) in [5.41, 5.74) is 0. The summed E-state index contributed by atoms with van der Waals surface area (Å²) in [6, 6.07) is 7.92. The molecule has 0 amide bonds. The van der Waals surface area contributed by atoms with Crippen molar-refractivity contribution in [3.8, 4) is 5.75 Å². The topological polar surface area (TPSA) is 52.6 Å². The molecule has 0 saturated carbocycles. The van der Waals surface area contributed by atoms with Crippen molar-refractivity contribution in [2.45, 2.75) is 6.42 Å². The fourth-order valence-electron chi connectivity index (χ4n) is 1.61. The zero-order valence-electron chi connectivity index (χ0n) is 10.2. The van der Waals surface area contributed by atoms with Crippen LogP contribution >= 0.6 is 11.3 Å². The first-order valence-corrected chi connectivity index (χ1v) is 8.02. The van der Waals surface area contributed by atoms with E-state index >= 15 is 0 Å². The SMILES string of the molecule is COc1ccc2cc(CCOS(C)(=O)=O)sc2c1. The Labute approximate surface area is 110 Å². The summed E-state index contributed by atoms with van der Waals surface area (Å²) in [5.74, 6) is 0.822. The Kier molecular flexibility index (Phi) is 3.89. The molecule has 2 aromatic rings. The Morgan fingerprint density at radius 1 is 1.28 bits per heavy atom. The normalized spacial score (nSPS) is 11.9. The Balaban J connectivity index is 2.10. The number of methoxy groups -OCH3 is 1. The second-order valence-electron chi connectivity index (χ2n) is 3.89. The van der Waals surface area contributed by atoms with Crippen LogP contribution in [-0.2, 0) is 20.7 Å². The van der Waals surface area contributed by atoms with E-state index in [1.165, 1.54) is 0 Å². The van der Waals surface area contributed by atoms with Crippen LogP contribution in [0.4, 0.5) is 0 Å². The summed E-state index contributed by atoms with van der Waals surface area (Å²) in [5, 5.41) is 1.13. The van der Waals surface area contributed by atoms with Gasteiger partial charge in [0.1, 0.15) is 5.75 Å². The van der Waals surface area contributed by atoms with E-state index in [1.807, 2.05) is 24.3 Å². The predicted molar refractivity (Wildman–Crippen MR) is 72.9 cm³/mol. The van der Waals surface area contributed by atoms with Crippen LogP contribution in [0.5, 0.6) is 5.75 Å². The van der Waals surface area contributed by atoms with Crippen molar-refractivity contribution in [1.29, 1.82) is 0 Å². The van der Waals surface area contributed by atoms with Crippen molar-refractivity contribution < 1.29 is 17.3 Å². The molecule has 0 aliphatic heterocycles. The third-order valence-electron chi connectivity index (χ3n) is 2.42. The smallest absolute Gasteiger partial charge is 0.264 e. The van der Waals surface area contributed by atoms with E-state index in [0.29, 0.717) is 6.42 Å². The molecule has 0 atom stereocenters. The Morgan fingerprint density at radius 2 is 2.06 bits per heavy atom. The highest BCUT2D eigenvalue weighted by molar-refractivity contribution is 7.85. The second-order valence-corrected chi connectivity index (χ2v) is 6.70. The van der Waals surface area contributed by atoms with Gasteiger partial charge in [-0.3, -0.25) is 4.18 Å². The Morgan fingerprint density at radius 3 is 2.72 bits per heavy atom. The van der Waals surface area contributed by atoms with Gasteiger partial charge in [0.25, 0.3) is 10.1 Å². The second kappa shape index (κ2) is 5.26. The van der Waals surface area contributed by atoms with Gasteiger partial charge in [-0.25, -0.2) is 0 Å².